The number of unbranched alkanes of at least 4 members (excludes halogenated alkanes) is 8. The average Bonchev–Trinajstić information content (AvgIpc) is 2.70. The van der Waals surface area contributed by atoms with E-state index in [0.717, 1.165) is 50.4 Å². The first-order valence-electron chi connectivity index (χ1n) is 12.4. The maximum Gasteiger partial charge on any atom is 0.319 e. The molecule has 30 heavy (non-hydrogen) atoms. The van der Waals surface area contributed by atoms with E-state index in [9.17, 15) is 20.1 Å². The molecule has 0 radical (unpaired) electrons. The molecule has 3 N–H and O–H groups in total. The Bertz CT molecular complexity index is 404. The van der Waals surface area contributed by atoms with Crippen LogP contribution in [0.2, 0.25) is 0 Å². The molecule has 0 saturated carbocycles. The van der Waals surface area contributed by atoms with Crippen LogP contribution in [0.5, 0.6) is 0 Å². The summed E-state index contributed by atoms with van der Waals surface area (Å²) in [6, 6.07) is 0. The fourth-order valence-corrected chi connectivity index (χ4v) is 3.72. The number of hydrogen-bond acceptors (Lipinski definition) is 5. The minimum atomic E-state index is -1.62. The van der Waals surface area contributed by atoms with Crippen molar-refractivity contribution in [3.8, 4) is 0 Å². The Kier molecular flexibility index (Phi) is 17.6. The standard InChI is InChI=1S/C25H50O5/c1-21(2)15-11-7-5-9-13-17-23(28)25(19-26,20-27)24(29)30-18-14-10-6-8-12-16-22(3)4/h21-23,26-28H,5-20H2,1-4H3. The summed E-state index contributed by atoms with van der Waals surface area (Å²) in [5, 5.41) is 30.1. The predicted molar refractivity (Wildman–Crippen MR) is 123 cm³/mol. The third-order valence-corrected chi connectivity index (χ3v) is 6.03. The van der Waals surface area contributed by atoms with E-state index in [-0.39, 0.29) is 6.61 Å². The molecule has 0 aliphatic heterocycles. The van der Waals surface area contributed by atoms with E-state index in [0.29, 0.717) is 6.42 Å². The number of esters is 1. The van der Waals surface area contributed by atoms with Gasteiger partial charge in [-0.15, -0.1) is 0 Å². The van der Waals surface area contributed by atoms with Crippen LogP contribution in [-0.4, -0.2) is 47.2 Å². The fraction of sp³-hybridized carbons (Fsp3) is 0.960. The van der Waals surface area contributed by atoms with E-state index < -0.39 is 30.7 Å². The maximum atomic E-state index is 12.5. The lowest BCUT2D eigenvalue weighted by Crippen LogP contribution is -2.49. The van der Waals surface area contributed by atoms with E-state index in [1.54, 1.807) is 0 Å². The van der Waals surface area contributed by atoms with Gasteiger partial charge < -0.3 is 20.1 Å². The Morgan fingerprint density at radius 1 is 0.700 bits per heavy atom. The van der Waals surface area contributed by atoms with Crippen molar-refractivity contribution in [3.05, 3.63) is 0 Å². The van der Waals surface area contributed by atoms with E-state index in [1.807, 2.05) is 0 Å². The summed E-state index contributed by atoms with van der Waals surface area (Å²) in [6.45, 7) is 7.99. The van der Waals surface area contributed by atoms with Crippen LogP contribution in [0.1, 0.15) is 111 Å². The second-order valence-electron chi connectivity index (χ2n) is 9.81. The first-order chi connectivity index (χ1) is 14.3. The number of rotatable bonds is 20. The molecule has 1 atom stereocenters. The number of ether oxygens (including phenoxy) is 1. The van der Waals surface area contributed by atoms with Crippen molar-refractivity contribution < 1.29 is 24.9 Å². The van der Waals surface area contributed by atoms with Gasteiger partial charge in [-0.3, -0.25) is 4.79 Å². The first-order valence-corrected chi connectivity index (χ1v) is 12.4. The predicted octanol–water partition coefficient (Wildman–Crippen LogP) is 5.24. The topological polar surface area (TPSA) is 87.0 Å². The van der Waals surface area contributed by atoms with Gasteiger partial charge in [0.2, 0.25) is 0 Å². The second-order valence-corrected chi connectivity index (χ2v) is 9.81. The van der Waals surface area contributed by atoms with Crippen LogP contribution in [0.25, 0.3) is 0 Å². The zero-order chi connectivity index (χ0) is 22.8. The number of aliphatic hydroxyl groups is 3. The Hall–Kier alpha value is -0.650. The van der Waals surface area contributed by atoms with Crippen LogP contribution in [0, 0.1) is 17.3 Å². The van der Waals surface area contributed by atoms with Crippen molar-refractivity contribution in [2.45, 2.75) is 117 Å². The van der Waals surface area contributed by atoms with E-state index >= 15 is 0 Å². The highest BCUT2D eigenvalue weighted by Crippen LogP contribution is 2.27. The highest BCUT2D eigenvalue weighted by Gasteiger charge is 2.45. The lowest BCUT2D eigenvalue weighted by molar-refractivity contribution is -0.173. The van der Waals surface area contributed by atoms with Crippen LogP contribution in [0.3, 0.4) is 0 Å². The molecule has 0 spiro atoms. The molecule has 0 bridgehead atoms. The third kappa shape index (κ3) is 12.9. The zero-order valence-corrected chi connectivity index (χ0v) is 20.2. The maximum absolute atomic E-state index is 12.5. The minimum Gasteiger partial charge on any atom is -0.465 e. The molecule has 0 aromatic heterocycles. The summed E-state index contributed by atoms with van der Waals surface area (Å²) in [5.74, 6) is 0.793. The molecule has 0 rings (SSSR count). The fourth-order valence-electron chi connectivity index (χ4n) is 3.72. The van der Waals surface area contributed by atoms with Crippen molar-refractivity contribution in [2.75, 3.05) is 19.8 Å². The number of carbonyl (C=O) groups excluding carboxylic acids is 1. The monoisotopic (exact) mass is 430 g/mol. The van der Waals surface area contributed by atoms with E-state index in [2.05, 4.69) is 27.7 Å². The van der Waals surface area contributed by atoms with Crippen molar-refractivity contribution in [1.82, 2.24) is 0 Å². The van der Waals surface area contributed by atoms with Gasteiger partial charge in [0.15, 0.2) is 0 Å². The van der Waals surface area contributed by atoms with Gasteiger partial charge in [0.25, 0.3) is 0 Å². The summed E-state index contributed by atoms with van der Waals surface area (Å²) in [7, 11) is 0. The Morgan fingerprint density at radius 3 is 1.53 bits per heavy atom. The van der Waals surface area contributed by atoms with Gasteiger partial charge in [0.1, 0.15) is 5.41 Å². The molecule has 0 aliphatic rings. The molecular weight excluding hydrogens is 380 g/mol. The molecule has 180 valence electrons. The summed E-state index contributed by atoms with van der Waals surface area (Å²) in [5.41, 5.74) is -1.62. The van der Waals surface area contributed by atoms with Crippen LogP contribution < -0.4 is 0 Å². The van der Waals surface area contributed by atoms with Crippen molar-refractivity contribution >= 4 is 5.97 Å². The highest BCUT2D eigenvalue weighted by molar-refractivity contribution is 5.78. The Labute approximate surface area is 185 Å². The SMILES string of the molecule is CC(C)CCCCCCCOC(=O)C(CO)(CO)C(O)CCCCCCCC(C)C. The molecule has 0 amide bonds. The molecule has 0 aliphatic carbocycles. The Balaban J connectivity index is 4.14. The van der Waals surface area contributed by atoms with Gasteiger partial charge in [-0.1, -0.05) is 98.3 Å². The van der Waals surface area contributed by atoms with Crippen LogP contribution >= 0.6 is 0 Å². The van der Waals surface area contributed by atoms with Crippen molar-refractivity contribution in [2.24, 2.45) is 17.3 Å². The molecule has 5 nitrogen and oxygen atoms in total. The summed E-state index contributed by atoms with van der Waals surface area (Å²) in [6.07, 6.45) is 12.4. The normalized spacial score (nSPS) is 13.2. The molecule has 0 heterocycles. The summed E-state index contributed by atoms with van der Waals surface area (Å²) in [4.78, 5) is 12.5. The number of carbonyl (C=O) groups is 1. The van der Waals surface area contributed by atoms with Gasteiger partial charge in [0.05, 0.1) is 25.9 Å². The first kappa shape index (κ1) is 29.4. The largest absolute Gasteiger partial charge is 0.465 e. The zero-order valence-electron chi connectivity index (χ0n) is 20.2. The van der Waals surface area contributed by atoms with Crippen LogP contribution in [0.15, 0.2) is 0 Å². The molecular formula is C25H50O5. The molecule has 0 fully saturated rings. The van der Waals surface area contributed by atoms with Gasteiger partial charge in [-0.2, -0.15) is 0 Å². The van der Waals surface area contributed by atoms with E-state index in [4.69, 9.17) is 4.74 Å². The average molecular weight is 431 g/mol. The molecule has 0 saturated heterocycles. The molecule has 1 unspecified atom stereocenters. The van der Waals surface area contributed by atoms with Crippen LogP contribution in [0.4, 0.5) is 0 Å². The van der Waals surface area contributed by atoms with Crippen LogP contribution in [-0.2, 0) is 9.53 Å². The van der Waals surface area contributed by atoms with Crippen molar-refractivity contribution in [1.29, 1.82) is 0 Å². The van der Waals surface area contributed by atoms with Crippen molar-refractivity contribution in [3.63, 3.8) is 0 Å². The quantitative estimate of drug-likeness (QED) is 0.181. The second kappa shape index (κ2) is 18.0. The summed E-state index contributed by atoms with van der Waals surface area (Å²) < 4.78 is 5.32. The van der Waals surface area contributed by atoms with Gasteiger partial charge in [-0.05, 0) is 24.7 Å². The van der Waals surface area contributed by atoms with Gasteiger partial charge >= 0.3 is 5.97 Å². The molecule has 0 aromatic carbocycles. The lowest BCUT2D eigenvalue weighted by Gasteiger charge is -2.32. The summed E-state index contributed by atoms with van der Waals surface area (Å²) >= 11 is 0. The van der Waals surface area contributed by atoms with Gasteiger partial charge in [0, 0.05) is 0 Å². The molecule has 5 heteroatoms. The molecule has 0 aromatic rings. The lowest BCUT2D eigenvalue weighted by atomic mass is 9.81. The van der Waals surface area contributed by atoms with Gasteiger partial charge in [-0.25, -0.2) is 0 Å². The van der Waals surface area contributed by atoms with E-state index in [1.165, 1.54) is 38.5 Å². The number of hydrogen-bond donors (Lipinski definition) is 3. The minimum absolute atomic E-state index is 0.271. The highest BCUT2D eigenvalue weighted by atomic mass is 16.5. The Morgan fingerprint density at radius 2 is 1.10 bits per heavy atom. The number of aliphatic hydroxyl groups excluding tert-OH is 3. The smallest absolute Gasteiger partial charge is 0.319 e. The third-order valence-electron chi connectivity index (χ3n) is 6.03.